The number of halogens is 1. The molecule has 0 aliphatic carbocycles. The normalized spacial score (nSPS) is 13.0. The lowest BCUT2D eigenvalue weighted by molar-refractivity contribution is 0.581. The number of rotatable bonds is 2. The average Bonchev–Trinajstić information content (AvgIpc) is 2.73. The summed E-state index contributed by atoms with van der Waals surface area (Å²) in [7, 11) is 0. The summed E-state index contributed by atoms with van der Waals surface area (Å²) in [6.07, 6.45) is 1.70. The third-order valence-electron chi connectivity index (χ3n) is 2.07. The Labute approximate surface area is 91.1 Å². The van der Waals surface area contributed by atoms with Crippen molar-refractivity contribution in [2.45, 2.75) is 13.0 Å². The molecule has 2 aromatic heterocycles. The average molecular weight is 228 g/mol. The highest BCUT2D eigenvalue weighted by molar-refractivity contribution is 7.16. The zero-order valence-corrected chi connectivity index (χ0v) is 9.22. The lowest BCUT2D eigenvalue weighted by Crippen LogP contribution is -2.09. The van der Waals surface area contributed by atoms with Gasteiger partial charge in [0, 0.05) is 4.88 Å². The van der Waals surface area contributed by atoms with Gasteiger partial charge in [0.05, 0.1) is 16.6 Å². The molecule has 0 aromatic carbocycles. The predicted molar refractivity (Wildman–Crippen MR) is 59.8 cm³/mol. The Morgan fingerprint density at radius 1 is 1.50 bits per heavy atom. The topological polar surface area (TPSA) is 43.8 Å². The van der Waals surface area contributed by atoms with Gasteiger partial charge in [0.1, 0.15) is 5.82 Å². The lowest BCUT2D eigenvalue weighted by atomic mass is 10.3. The molecule has 74 valence electrons. The van der Waals surface area contributed by atoms with Crippen molar-refractivity contribution in [1.29, 1.82) is 0 Å². The maximum Gasteiger partial charge on any atom is 0.122 e. The van der Waals surface area contributed by atoms with E-state index >= 15 is 0 Å². The van der Waals surface area contributed by atoms with Gasteiger partial charge in [-0.05, 0) is 25.1 Å². The Hall–Kier alpha value is -1.00. The van der Waals surface area contributed by atoms with Gasteiger partial charge in [-0.3, -0.25) is 0 Å². The second-order valence-electron chi connectivity index (χ2n) is 3.02. The minimum atomic E-state index is 0.141. The largest absolute Gasteiger partial charge is 0.384 e. The molecule has 2 heterocycles. The second kappa shape index (κ2) is 3.63. The summed E-state index contributed by atoms with van der Waals surface area (Å²) in [5.41, 5.74) is 5.76. The summed E-state index contributed by atoms with van der Waals surface area (Å²) in [4.78, 5) is 1.16. The first kappa shape index (κ1) is 9.55. The van der Waals surface area contributed by atoms with Crippen LogP contribution in [0.5, 0.6) is 0 Å². The van der Waals surface area contributed by atoms with Crippen molar-refractivity contribution in [3.05, 3.63) is 33.6 Å². The highest BCUT2D eigenvalue weighted by atomic mass is 35.5. The van der Waals surface area contributed by atoms with E-state index in [1.165, 1.54) is 0 Å². The van der Waals surface area contributed by atoms with Crippen LogP contribution >= 0.6 is 22.9 Å². The summed E-state index contributed by atoms with van der Waals surface area (Å²) >= 11 is 7.42. The van der Waals surface area contributed by atoms with E-state index in [1.807, 2.05) is 19.1 Å². The number of nitrogens with two attached hydrogens (primary N) is 1. The first-order chi connectivity index (χ1) is 6.68. The highest BCUT2D eigenvalue weighted by Gasteiger charge is 2.12. The summed E-state index contributed by atoms with van der Waals surface area (Å²) in [6.45, 7) is 2.05. The molecule has 0 saturated heterocycles. The molecule has 1 atom stereocenters. The third kappa shape index (κ3) is 1.63. The zero-order valence-electron chi connectivity index (χ0n) is 7.64. The Morgan fingerprint density at radius 2 is 2.29 bits per heavy atom. The summed E-state index contributed by atoms with van der Waals surface area (Å²) in [6, 6.07) is 5.81. The molecule has 14 heavy (non-hydrogen) atoms. The highest BCUT2D eigenvalue weighted by Crippen LogP contribution is 2.29. The summed E-state index contributed by atoms with van der Waals surface area (Å²) < 4.78 is 2.57. The van der Waals surface area contributed by atoms with E-state index in [1.54, 1.807) is 28.3 Å². The molecule has 2 N–H and O–H groups in total. The molecule has 0 bridgehead atoms. The SMILES string of the molecule is CC(c1ccc(Cl)s1)n1nccc1N. The second-order valence-corrected chi connectivity index (χ2v) is 4.77. The molecule has 2 aromatic rings. The summed E-state index contributed by atoms with van der Waals surface area (Å²) in [5, 5.41) is 4.16. The van der Waals surface area contributed by atoms with E-state index < -0.39 is 0 Å². The minimum absolute atomic E-state index is 0.141. The van der Waals surface area contributed by atoms with Crippen LogP contribution < -0.4 is 5.73 Å². The fourth-order valence-corrected chi connectivity index (χ4v) is 2.42. The summed E-state index contributed by atoms with van der Waals surface area (Å²) in [5.74, 6) is 0.669. The molecule has 0 radical (unpaired) electrons. The van der Waals surface area contributed by atoms with Crippen LogP contribution in [0.25, 0.3) is 0 Å². The van der Waals surface area contributed by atoms with Crippen LogP contribution in [0.1, 0.15) is 17.8 Å². The third-order valence-corrected chi connectivity index (χ3v) is 3.47. The van der Waals surface area contributed by atoms with Gasteiger partial charge < -0.3 is 5.73 Å². The maximum atomic E-state index is 5.86. The lowest BCUT2D eigenvalue weighted by Gasteiger charge is -2.11. The van der Waals surface area contributed by atoms with E-state index in [-0.39, 0.29) is 6.04 Å². The first-order valence-corrected chi connectivity index (χ1v) is 5.42. The van der Waals surface area contributed by atoms with Crippen LogP contribution in [0.15, 0.2) is 24.4 Å². The molecular formula is C9H10ClN3S. The molecule has 0 saturated carbocycles. The van der Waals surface area contributed by atoms with Crippen molar-refractivity contribution in [2.75, 3.05) is 5.73 Å². The van der Waals surface area contributed by atoms with Crippen LogP contribution in [0.4, 0.5) is 5.82 Å². The molecule has 3 nitrogen and oxygen atoms in total. The predicted octanol–water partition coefficient (Wildman–Crippen LogP) is 2.79. The van der Waals surface area contributed by atoms with Crippen LogP contribution in [0.3, 0.4) is 0 Å². The number of nitrogen functional groups attached to an aromatic ring is 1. The van der Waals surface area contributed by atoms with Crippen molar-refractivity contribution in [3.63, 3.8) is 0 Å². The molecule has 0 fully saturated rings. The van der Waals surface area contributed by atoms with Gasteiger partial charge in [-0.1, -0.05) is 11.6 Å². The van der Waals surface area contributed by atoms with Gasteiger partial charge in [-0.2, -0.15) is 5.10 Å². The van der Waals surface area contributed by atoms with Crippen molar-refractivity contribution in [2.24, 2.45) is 0 Å². The molecule has 0 spiro atoms. The van der Waals surface area contributed by atoms with Gasteiger partial charge in [0.15, 0.2) is 0 Å². The number of hydrogen-bond donors (Lipinski definition) is 1. The van der Waals surface area contributed by atoms with E-state index in [0.717, 1.165) is 9.21 Å². The van der Waals surface area contributed by atoms with Crippen LogP contribution in [-0.2, 0) is 0 Å². The van der Waals surface area contributed by atoms with Crippen molar-refractivity contribution < 1.29 is 0 Å². The quantitative estimate of drug-likeness (QED) is 0.858. The van der Waals surface area contributed by atoms with Gasteiger partial charge in [-0.25, -0.2) is 4.68 Å². The van der Waals surface area contributed by atoms with Crippen LogP contribution in [0, 0.1) is 0 Å². The number of aromatic nitrogens is 2. The molecule has 1 unspecified atom stereocenters. The number of anilines is 1. The Balaban J connectivity index is 2.33. The molecule has 2 rings (SSSR count). The Kier molecular flexibility index (Phi) is 2.48. The molecule has 5 heteroatoms. The van der Waals surface area contributed by atoms with Gasteiger partial charge in [0.2, 0.25) is 0 Å². The first-order valence-electron chi connectivity index (χ1n) is 4.22. The van der Waals surface area contributed by atoms with E-state index in [4.69, 9.17) is 17.3 Å². The molecule has 0 amide bonds. The minimum Gasteiger partial charge on any atom is -0.384 e. The van der Waals surface area contributed by atoms with Crippen LogP contribution in [-0.4, -0.2) is 9.78 Å². The maximum absolute atomic E-state index is 5.86. The standard InChI is InChI=1S/C9H10ClN3S/c1-6(7-2-3-8(10)14-7)13-9(11)4-5-12-13/h2-6H,11H2,1H3. The van der Waals surface area contributed by atoms with Crippen molar-refractivity contribution in [1.82, 2.24) is 9.78 Å². The molecule has 0 aliphatic rings. The van der Waals surface area contributed by atoms with E-state index in [0.29, 0.717) is 5.82 Å². The molecule has 0 aliphatic heterocycles. The smallest absolute Gasteiger partial charge is 0.122 e. The monoisotopic (exact) mass is 227 g/mol. The van der Waals surface area contributed by atoms with Crippen molar-refractivity contribution >= 4 is 28.8 Å². The zero-order chi connectivity index (χ0) is 10.1. The molecular weight excluding hydrogens is 218 g/mol. The van der Waals surface area contributed by atoms with Crippen LogP contribution in [0.2, 0.25) is 4.34 Å². The van der Waals surface area contributed by atoms with Gasteiger partial charge in [-0.15, -0.1) is 11.3 Å². The number of thiophene rings is 1. The number of nitrogens with zero attached hydrogens (tertiary/aromatic N) is 2. The van der Waals surface area contributed by atoms with E-state index in [2.05, 4.69) is 5.10 Å². The fourth-order valence-electron chi connectivity index (χ4n) is 1.32. The van der Waals surface area contributed by atoms with Gasteiger partial charge in [0.25, 0.3) is 0 Å². The van der Waals surface area contributed by atoms with Crippen molar-refractivity contribution in [3.8, 4) is 0 Å². The Morgan fingerprint density at radius 3 is 2.79 bits per heavy atom. The van der Waals surface area contributed by atoms with Gasteiger partial charge >= 0.3 is 0 Å². The fraction of sp³-hybridized carbons (Fsp3) is 0.222. The number of hydrogen-bond acceptors (Lipinski definition) is 3. The Bertz CT molecular complexity index is 435. The van der Waals surface area contributed by atoms with E-state index in [9.17, 15) is 0 Å².